The first kappa shape index (κ1) is 10.0. The van der Waals surface area contributed by atoms with E-state index in [2.05, 4.69) is 26.1 Å². The van der Waals surface area contributed by atoms with Crippen LogP contribution in [-0.4, -0.2) is 8.07 Å². The van der Waals surface area contributed by atoms with Crippen LogP contribution < -0.4 is 0 Å². The standard InChI is InChI=1S/C11H22Si/c1-4-5-6-11-7-9-12(2,3)10-8-11/h7H,4-6,8-10H2,1-3H3. The zero-order chi connectivity index (χ0) is 9.03. The van der Waals surface area contributed by atoms with Crippen molar-refractivity contribution < 1.29 is 0 Å². The first-order chi connectivity index (χ1) is 5.64. The molecule has 0 aromatic carbocycles. The first-order valence-electron chi connectivity index (χ1n) is 5.32. The van der Waals surface area contributed by atoms with Crippen molar-refractivity contribution in [3.63, 3.8) is 0 Å². The van der Waals surface area contributed by atoms with E-state index in [1.807, 2.05) is 0 Å². The molecule has 12 heavy (non-hydrogen) atoms. The van der Waals surface area contributed by atoms with E-state index in [0.29, 0.717) is 0 Å². The zero-order valence-electron chi connectivity index (χ0n) is 8.82. The van der Waals surface area contributed by atoms with Gasteiger partial charge in [0, 0.05) is 0 Å². The Hall–Kier alpha value is -0.0431. The Balaban J connectivity index is 2.34. The third kappa shape index (κ3) is 3.14. The number of hydrogen-bond donors (Lipinski definition) is 0. The van der Waals surface area contributed by atoms with Crippen LogP contribution in [0.15, 0.2) is 11.6 Å². The van der Waals surface area contributed by atoms with Gasteiger partial charge in [0.15, 0.2) is 0 Å². The summed E-state index contributed by atoms with van der Waals surface area (Å²) in [6, 6.07) is 2.97. The lowest BCUT2D eigenvalue weighted by molar-refractivity contribution is 0.757. The Morgan fingerprint density at radius 3 is 2.67 bits per heavy atom. The zero-order valence-corrected chi connectivity index (χ0v) is 9.82. The summed E-state index contributed by atoms with van der Waals surface area (Å²) in [6.45, 7) is 7.31. The molecule has 0 unspecified atom stereocenters. The van der Waals surface area contributed by atoms with Gasteiger partial charge in [-0.3, -0.25) is 0 Å². The van der Waals surface area contributed by atoms with Crippen molar-refractivity contribution in [2.75, 3.05) is 0 Å². The van der Waals surface area contributed by atoms with Crippen LogP contribution in [0.25, 0.3) is 0 Å². The van der Waals surface area contributed by atoms with E-state index in [4.69, 9.17) is 0 Å². The average Bonchev–Trinajstić information content (AvgIpc) is 2.03. The van der Waals surface area contributed by atoms with Crippen LogP contribution in [0.5, 0.6) is 0 Å². The quantitative estimate of drug-likeness (QED) is 0.453. The number of rotatable bonds is 3. The summed E-state index contributed by atoms with van der Waals surface area (Å²) in [4.78, 5) is 0. The van der Waals surface area contributed by atoms with Crippen molar-refractivity contribution in [2.24, 2.45) is 0 Å². The predicted molar refractivity (Wildman–Crippen MR) is 59.3 cm³/mol. The first-order valence-corrected chi connectivity index (χ1v) is 8.73. The lowest BCUT2D eigenvalue weighted by Crippen LogP contribution is -2.26. The molecular formula is C11H22Si. The van der Waals surface area contributed by atoms with Gasteiger partial charge in [0.05, 0.1) is 8.07 Å². The van der Waals surface area contributed by atoms with Gasteiger partial charge in [-0.15, -0.1) is 0 Å². The predicted octanol–water partition coefficient (Wildman–Crippen LogP) is 4.22. The molecule has 0 atom stereocenters. The fourth-order valence-electron chi connectivity index (χ4n) is 1.75. The summed E-state index contributed by atoms with van der Waals surface area (Å²) < 4.78 is 0. The van der Waals surface area contributed by atoms with Crippen LogP contribution in [-0.2, 0) is 0 Å². The van der Waals surface area contributed by atoms with Crippen LogP contribution >= 0.6 is 0 Å². The summed E-state index contributed by atoms with van der Waals surface area (Å²) in [5.74, 6) is 0. The van der Waals surface area contributed by atoms with Gasteiger partial charge in [-0.1, -0.05) is 44.1 Å². The Kier molecular flexibility index (Phi) is 3.57. The Morgan fingerprint density at radius 1 is 1.42 bits per heavy atom. The topological polar surface area (TPSA) is 0 Å². The minimum absolute atomic E-state index is 0.748. The van der Waals surface area contributed by atoms with Gasteiger partial charge in [-0.05, 0) is 25.3 Å². The van der Waals surface area contributed by atoms with Crippen molar-refractivity contribution in [1.82, 2.24) is 0 Å². The molecule has 0 aromatic rings. The molecular weight excluding hydrogens is 160 g/mol. The second kappa shape index (κ2) is 4.27. The van der Waals surface area contributed by atoms with Crippen LogP contribution in [0.4, 0.5) is 0 Å². The molecule has 0 radical (unpaired) electrons. The lowest BCUT2D eigenvalue weighted by atomic mass is 10.1. The van der Waals surface area contributed by atoms with E-state index >= 15 is 0 Å². The normalized spacial score (nSPS) is 22.1. The molecule has 0 nitrogen and oxygen atoms in total. The van der Waals surface area contributed by atoms with Gasteiger partial charge >= 0.3 is 0 Å². The highest BCUT2D eigenvalue weighted by Gasteiger charge is 2.22. The molecule has 1 aliphatic rings. The van der Waals surface area contributed by atoms with E-state index in [1.165, 1.54) is 37.8 Å². The van der Waals surface area contributed by atoms with Gasteiger partial charge in [0.1, 0.15) is 0 Å². The maximum atomic E-state index is 2.55. The SMILES string of the molecule is CCCCC1=CC[Si](C)(C)CC1. The maximum Gasteiger partial charge on any atom is 0.0514 e. The fraction of sp³-hybridized carbons (Fsp3) is 0.818. The van der Waals surface area contributed by atoms with Crippen LogP contribution in [0.3, 0.4) is 0 Å². The largest absolute Gasteiger partial charge is 0.0880 e. The van der Waals surface area contributed by atoms with Crippen molar-refractivity contribution in [3.8, 4) is 0 Å². The molecule has 0 aliphatic carbocycles. The van der Waals surface area contributed by atoms with Gasteiger partial charge in [0.25, 0.3) is 0 Å². The molecule has 0 bridgehead atoms. The van der Waals surface area contributed by atoms with Gasteiger partial charge in [-0.25, -0.2) is 0 Å². The van der Waals surface area contributed by atoms with Gasteiger partial charge < -0.3 is 0 Å². The third-order valence-corrected chi connectivity index (χ3v) is 5.83. The molecule has 0 saturated carbocycles. The van der Waals surface area contributed by atoms with Crippen molar-refractivity contribution >= 4 is 8.07 Å². The second-order valence-electron chi connectivity index (χ2n) is 4.83. The molecule has 0 aromatic heterocycles. The van der Waals surface area contributed by atoms with E-state index in [9.17, 15) is 0 Å². The summed E-state index contributed by atoms with van der Waals surface area (Å²) in [5, 5.41) is 0. The number of allylic oxidation sites excluding steroid dienone is 2. The van der Waals surface area contributed by atoms with Crippen LogP contribution in [0.1, 0.15) is 32.6 Å². The highest BCUT2D eigenvalue weighted by Crippen LogP contribution is 2.29. The summed E-state index contributed by atoms with van der Waals surface area (Å²) in [7, 11) is -0.748. The number of unbranched alkanes of at least 4 members (excludes halogenated alkanes) is 1. The van der Waals surface area contributed by atoms with E-state index in [1.54, 1.807) is 5.57 Å². The molecule has 0 fully saturated rings. The smallest absolute Gasteiger partial charge is 0.0514 e. The molecule has 1 heteroatoms. The second-order valence-corrected chi connectivity index (χ2v) is 10.1. The highest BCUT2D eigenvalue weighted by atomic mass is 28.3. The molecule has 0 saturated heterocycles. The van der Waals surface area contributed by atoms with Crippen molar-refractivity contribution in [3.05, 3.63) is 11.6 Å². The van der Waals surface area contributed by atoms with Gasteiger partial charge in [-0.2, -0.15) is 0 Å². The molecule has 1 heterocycles. The van der Waals surface area contributed by atoms with Crippen molar-refractivity contribution in [2.45, 2.75) is 57.8 Å². The monoisotopic (exact) mass is 182 g/mol. The van der Waals surface area contributed by atoms with E-state index in [0.717, 1.165) is 0 Å². The van der Waals surface area contributed by atoms with Crippen LogP contribution in [0.2, 0.25) is 25.2 Å². The Morgan fingerprint density at radius 2 is 2.17 bits per heavy atom. The average molecular weight is 182 g/mol. The van der Waals surface area contributed by atoms with E-state index in [-0.39, 0.29) is 0 Å². The Labute approximate surface area is 78.1 Å². The minimum Gasteiger partial charge on any atom is -0.0880 e. The lowest BCUT2D eigenvalue weighted by Gasteiger charge is -2.26. The minimum atomic E-state index is -0.748. The van der Waals surface area contributed by atoms with Gasteiger partial charge in [0.2, 0.25) is 0 Å². The molecule has 70 valence electrons. The molecule has 0 spiro atoms. The summed E-state index contributed by atoms with van der Waals surface area (Å²) >= 11 is 0. The fourth-order valence-corrected chi connectivity index (χ4v) is 3.80. The third-order valence-electron chi connectivity index (χ3n) is 2.92. The molecule has 0 N–H and O–H groups in total. The van der Waals surface area contributed by atoms with Crippen LogP contribution in [0, 0.1) is 0 Å². The van der Waals surface area contributed by atoms with Crippen molar-refractivity contribution in [1.29, 1.82) is 0 Å². The maximum absolute atomic E-state index is 2.55. The number of hydrogen-bond acceptors (Lipinski definition) is 0. The van der Waals surface area contributed by atoms with E-state index < -0.39 is 8.07 Å². The molecule has 0 amide bonds. The Bertz CT molecular complexity index is 168. The highest BCUT2D eigenvalue weighted by molar-refractivity contribution is 6.78. The molecule has 1 aliphatic heterocycles. The summed E-state index contributed by atoms with van der Waals surface area (Å²) in [6.07, 6.45) is 8.08. The molecule has 1 rings (SSSR count). The summed E-state index contributed by atoms with van der Waals surface area (Å²) in [5.41, 5.74) is 1.75.